The standard InChI is InChI=1S/C23H31N3O3/c1-18-5-10-22(29-4)19(15-18)16-24(2)17-23(27)26-13-11-25(12-14-26)20-6-8-21(28-3)9-7-20/h5-10,15H,11-14,16-17H2,1-4H3. The molecule has 0 aromatic heterocycles. The van der Waals surface area contributed by atoms with Crippen molar-refractivity contribution >= 4 is 11.6 Å². The van der Waals surface area contributed by atoms with Gasteiger partial charge in [-0.3, -0.25) is 9.69 Å². The van der Waals surface area contributed by atoms with Gasteiger partial charge in [0.1, 0.15) is 11.5 Å². The summed E-state index contributed by atoms with van der Waals surface area (Å²) in [6.07, 6.45) is 0. The first kappa shape index (κ1) is 21.0. The third kappa shape index (κ3) is 5.41. The number of hydrogen-bond donors (Lipinski definition) is 0. The number of benzene rings is 2. The number of amides is 1. The second-order valence-electron chi connectivity index (χ2n) is 7.55. The lowest BCUT2D eigenvalue weighted by Crippen LogP contribution is -2.51. The molecule has 2 aromatic carbocycles. The molecule has 1 aliphatic heterocycles. The van der Waals surface area contributed by atoms with Gasteiger partial charge in [0, 0.05) is 44.0 Å². The number of methoxy groups -OCH3 is 2. The first-order valence-corrected chi connectivity index (χ1v) is 9.99. The predicted octanol–water partition coefficient (Wildman–Crippen LogP) is 2.79. The van der Waals surface area contributed by atoms with Crippen LogP contribution in [-0.4, -0.2) is 69.7 Å². The first-order chi connectivity index (χ1) is 14.0. The van der Waals surface area contributed by atoms with E-state index in [1.165, 1.54) is 11.3 Å². The molecule has 6 nitrogen and oxygen atoms in total. The highest BCUT2D eigenvalue weighted by atomic mass is 16.5. The maximum Gasteiger partial charge on any atom is 0.236 e. The Hall–Kier alpha value is -2.73. The smallest absolute Gasteiger partial charge is 0.236 e. The predicted molar refractivity (Wildman–Crippen MR) is 116 cm³/mol. The van der Waals surface area contributed by atoms with Crippen molar-refractivity contribution in [2.24, 2.45) is 0 Å². The molecule has 1 fully saturated rings. The van der Waals surface area contributed by atoms with E-state index in [0.29, 0.717) is 13.1 Å². The Morgan fingerprint density at radius 1 is 1.00 bits per heavy atom. The molecule has 1 amide bonds. The highest BCUT2D eigenvalue weighted by Crippen LogP contribution is 2.22. The zero-order valence-corrected chi connectivity index (χ0v) is 17.9. The highest BCUT2D eigenvalue weighted by Gasteiger charge is 2.22. The summed E-state index contributed by atoms with van der Waals surface area (Å²) < 4.78 is 10.7. The molecule has 0 aliphatic carbocycles. The monoisotopic (exact) mass is 397 g/mol. The average Bonchev–Trinajstić information content (AvgIpc) is 2.74. The summed E-state index contributed by atoms with van der Waals surface area (Å²) in [5.74, 6) is 1.90. The average molecular weight is 398 g/mol. The third-order valence-electron chi connectivity index (χ3n) is 5.35. The van der Waals surface area contributed by atoms with E-state index in [4.69, 9.17) is 9.47 Å². The highest BCUT2D eigenvalue weighted by molar-refractivity contribution is 5.78. The molecule has 0 saturated carbocycles. The van der Waals surface area contributed by atoms with Crippen LogP contribution in [0, 0.1) is 6.92 Å². The van der Waals surface area contributed by atoms with E-state index in [1.54, 1.807) is 14.2 Å². The fourth-order valence-corrected chi connectivity index (χ4v) is 3.72. The Morgan fingerprint density at radius 3 is 2.31 bits per heavy atom. The van der Waals surface area contributed by atoms with Crippen molar-refractivity contribution in [3.63, 3.8) is 0 Å². The van der Waals surface area contributed by atoms with Crippen LogP contribution in [0.5, 0.6) is 11.5 Å². The number of carbonyl (C=O) groups is 1. The van der Waals surface area contributed by atoms with E-state index in [2.05, 4.69) is 34.9 Å². The van der Waals surface area contributed by atoms with E-state index in [1.807, 2.05) is 36.2 Å². The molecule has 0 unspecified atom stereocenters. The maximum absolute atomic E-state index is 12.8. The van der Waals surface area contributed by atoms with Gasteiger partial charge in [0.05, 0.1) is 20.8 Å². The van der Waals surface area contributed by atoms with Crippen molar-refractivity contribution < 1.29 is 14.3 Å². The minimum atomic E-state index is 0.175. The number of ether oxygens (including phenoxy) is 2. The van der Waals surface area contributed by atoms with Gasteiger partial charge in [-0.25, -0.2) is 0 Å². The summed E-state index contributed by atoms with van der Waals surface area (Å²) in [6, 6.07) is 14.2. The number of likely N-dealkylation sites (N-methyl/N-ethyl adjacent to an activating group) is 1. The number of aryl methyl sites for hydroxylation is 1. The molecule has 2 aromatic rings. The Kier molecular flexibility index (Phi) is 6.99. The van der Waals surface area contributed by atoms with Crippen LogP contribution in [0.15, 0.2) is 42.5 Å². The van der Waals surface area contributed by atoms with E-state index in [9.17, 15) is 4.79 Å². The number of piperazine rings is 1. The van der Waals surface area contributed by atoms with E-state index < -0.39 is 0 Å². The van der Waals surface area contributed by atoms with Gasteiger partial charge in [0.25, 0.3) is 0 Å². The summed E-state index contributed by atoms with van der Waals surface area (Å²) in [5.41, 5.74) is 3.46. The van der Waals surface area contributed by atoms with Crippen LogP contribution < -0.4 is 14.4 Å². The van der Waals surface area contributed by atoms with Crippen molar-refractivity contribution in [2.75, 3.05) is 58.9 Å². The maximum atomic E-state index is 12.8. The molecule has 0 N–H and O–H groups in total. The molecule has 1 saturated heterocycles. The van der Waals surface area contributed by atoms with E-state index >= 15 is 0 Å². The molecule has 0 bridgehead atoms. The van der Waals surface area contributed by atoms with Gasteiger partial charge in [-0.15, -0.1) is 0 Å². The minimum Gasteiger partial charge on any atom is -0.497 e. The number of carbonyl (C=O) groups excluding carboxylic acids is 1. The van der Waals surface area contributed by atoms with Crippen molar-refractivity contribution in [3.05, 3.63) is 53.6 Å². The summed E-state index contributed by atoms with van der Waals surface area (Å²) in [7, 11) is 5.33. The fourth-order valence-electron chi connectivity index (χ4n) is 3.72. The van der Waals surface area contributed by atoms with Crippen LogP contribution in [0.25, 0.3) is 0 Å². The lowest BCUT2D eigenvalue weighted by Gasteiger charge is -2.36. The van der Waals surface area contributed by atoms with Gasteiger partial charge in [0.15, 0.2) is 0 Å². The van der Waals surface area contributed by atoms with Crippen molar-refractivity contribution in [3.8, 4) is 11.5 Å². The van der Waals surface area contributed by atoms with Crippen LogP contribution in [-0.2, 0) is 11.3 Å². The van der Waals surface area contributed by atoms with Crippen molar-refractivity contribution in [1.82, 2.24) is 9.80 Å². The number of rotatable bonds is 7. The quantitative estimate of drug-likeness (QED) is 0.719. The second-order valence-corrected chi connectivity index (χ2v) is 7.55. The normalized spacial score (nSPS) is 14.2. The number of nitrogens with zero attached hydrogens (tertiary/aromatic N) is 3. The molecular weight excluding hydrogens is 366 g/mol. The molecule has 1 heterocycles. The lowest BCUT2D eigenvalue weighted by molar-refractivity contribution is -0.132. The van der Waals surface area contributed by atoms with Crippen LogP contribution in [0.2, 0.25) is 0 Å². The SMILES string of the molecule is COc1ccc(N2CCN(C(=O)CN(C)Cc3cc(C)ccc3OC)CC2)cc1. The van der Waals surface area contributed by atoms with Crippen molar-refractivity contribution in [1.29, 1.82) is 0 Å². The Morgan fingerprint density at radius 2 is 1.69 bits per heavy atom. The van der Waals surface area contributed by atoms with Crippen LogP contribution in [0.1, 0.15) is 11.1 Å². The summed E-state index contributed by atoms with van der Waals surface area (Å²) in [4.78, 5) is 19.1. The van der Waals surface area contributed by atoms with Gasteiger partial charge in [-0.1, -0.05) is 17.7 Å². The topological polar surface area (TPSA) is 45.2 Å². The second kappa shape index (κ2) is 9.65. The lowest BCUT2D eigenvalue weighted by atomic mass is 10.1. The van der Waals surface area contributed by atoms with E-state index in [0.717, 1.165) is 43.2 Å². The number of hydrogen-bond acceptors (Lipinski definition) is 5. The zero-order valence-electron chi connectivity index (χ0n) is 17.9. The van der Waals surface area contributed by atoms with Crippen LogP contribution >= 0.6 is 0 Å². The summed E-state index contributed by atoms with van der Waals surface area (Å²) >= 11 is 0. The van der Waals surface area contributed by atoms with Gasteiger partial charge < -0.3 is 19.3 Å². The third-order valence-corrected chi connectivity index (χ3v) is 5.35. The van der Waals surface area contributed by atoms with E-state index in [-0.39, 0.29) is 5.91 Å². The molecule has 0 atom stereocenters. The molecule has 29 heavy (non-hydrogen) atoms. The van der Waals surface area contributed by atoms with Crippen LogP contribution in [0.3, 0.4) is 0 Å². The number of anilines is 1. The molecule has 0 spiro atoms. The summed E-state index contributed by atoms with van der Waals surface area (Å²) in [6.45, 7) is 6.32. The minimum absolute atomic E-state index is 0.175. The zero-order chi connectivity index (χ0) is 20.8. The molecule has 156 valence electrons. The van der Waals surface area contributed by atoms with Gasteiger partial charge in [-0.2, -0.15) is 0 Å². The van der Waals surface area contributed by atoms with Gasteiger partial charge in [-0.05, 0) is 44.3 Å². The molecule has 1 aliphatic rings. The molecule has 0 radical (unpaired) electrons. The molecule has 6 heteroatoms. The van der Waals surface area contributed by atoms with Gasteiger partial charge in [0.2, 0.25) is 5.91 Å². The summed E-state index contributed by atoms with van der Waals surface area (Å²) in [5, 5.41) is 0. The van der Waals surface area contributed by atoms with Crippen LogP contribution in [0.4, 0.5) is 5.69 Å². The van der Waals surface area contributed by atoms with Gasteiger partial charge >= 0.3 is 0 Å². The first-order valence-electron chi connectivity index (χ1n) is 9.99. The largest absolute Gasteiger partial charge is 0.497 e. The Bertz CT molecular complexity index is 815. The Labute approximate surface area is 173 Å². The Balaban J connectivity index is 1.51. The van der Waals surface area contributed by atoms with Crippen molar-refractivity contribution in [2.45, 2.75) is 13.5 Å². The molecule has 3 rings (SSSR count). The fraction of sp³-hybridized carbons (Fsp3) is 0.435. The molecular formula is C23H31N3O3.